The van der Waals surface area contributed by atoms with Crippen molar-refractivity contribution >= 4 is 39.9 Å². The van der Waals surface area contributed by atoms with Gasteiger partial charge in [0.25, 0.3) is 0 Å². The second kappa shape index (κ2) is 5.95. The topological polar surface area (TPSA) is 62.9 Å². The Hall–Kier alpha value is -1.18. The molecule has 0 aliphatic carbocycles. The van der Waals surface area contributed by atoms with Gasteiger partial charge in [-0.1, -0.05) is 0 Å². The number of rotatable bonds is 3. The molecule has 92 valence electrons. The van der Waals surface area contributed by atoms with E-state index in [4.69, 9.17) is 10.5 Å². The van der Waals surface area contributed by atoms with E-state index in [9.17, 15) is 0 Å². The maximum atomic E-state index is 5.32. The van der Waals surface area contributed by atoms with E-state index in [2.05, 4.69) is 33.7 Å². The van der Waals surface area contributed by atoms with Crippen LogP contribution in [0.1, 0.15) is 4.88 Å². The van der Waals surface area contributed by atoms with Crippen molar-refractivity contribution in [1.29, 1.82) is 0 Å². The number of hydrogen-bond donors (Lipinski definition) is 2. The fourth-order valence-electron chi connectivity index (χ4n) is 1.52. The van der Waals surface area contributed by atoms with Gasteiger partial charge in [-0.25, -0.2) is 0 Å². The lowest BCUT2D eigenvalue weighted by Crippen LogP contribution is -2.35. The SMILES string of the molecule is NC(=S)N/N=C/c1ccc(N2CCOCC2)s1. The van der Waals surface area contributed by atoms with Gasteiger partial charge in [0.15, 0.2) is 5.11 Å². The first-order valence-electron chi connectivity index (χ1n) is 5.27. The summed E-state index contributed by atoms with van der Waals surface area (Å²) in [7, 11) is 0. The Morgan fingerprint density at radius 3 is 3.00 bits per heavy atom. The van der Waals surface area contributed by atoms with Gasteiger partial charge in [0.2, 0.25) is 0 Å². The van der Waals surface area contributed by atoms with Crippen LogP contribution in [-0.2, 0) is 4.74 Å². The number of nitrogens with one attached hydrogen (secondary N) is 1. The maximum Gasteiger partial charge on any atom is 0.184 e. The molecule has 1 fully saturated rings. The first kappa shape index (κ1) is 12.3. The van der Waals surface area contributed by atoms with Gasteiger partial charge >= 0.3 is 0 Å². The van der Waals surface area contributed by atoms with Crippen LogP contribution in [0, 0.1) is 0 Å². The van der Waals surface area contributed by atoms with Crippen LogP contribution in [0.25, 0.3) is 0 Å². The molecule has 0 amide bonds. The molecule has 1 aromatic heterocycles. The predicted octanol–water partition coefficient (Wildman–Crippen LogP) is 0.752. The molecule has 2 heterocycles. The number of ether oxygens (including phenoxy) is 1. The van der Waals surface area contributed by atoms with Crippen LogP contribution in [0.4, 0.5) is 5.00 Å². The van der Waals surface area contributed by atoms with E-state index >= 15 is 0 Å². The maximum absolute atomic E-state index is 5.32. The zero-order chi connectivity index (χ0) is 12.1. The van der Waals surface area contributed by atoms with Crippen molar-refractivity contribution in [2.75, 3.05) is 31.2 Å². The predicted molar refractivity (Wildman–Crippen MR) is 74.9 cm³/mol. The number of nitrogens with two attached hydrogens (primary N) is 1. The zero-order valence-corrected chi connectivity index (χ0v) is 10.9. The van der Waals surface area contributed by atoms with Gasteiger partial charge in [0, 0.05) is 18.0 Å². The Morgan fingerprint density at radius 2 is 2.29 bits per heavy atom. The number of nitrogens with zero attached hydrogens (tertiary/aromatic N) is 2. The first-order chi connectivity index (χ1) is 8.25. The highest BCUT2D eigenvalue weighted by molar-refractivity contribution is 7.80. The summed E-state index contributed by atoms with van der Waals surface area (Å²) < 4.78 is 5.32. The number of thiocarbonyl (C=S) groups is 1. The number of morpholine rings is 1. The highest BCUT2D eigenvalue weighted by Gasteiger charge is 2.12. The average Bonchev–Trinajstić information content (AvgIpc) is 2.78. The van der Waals surface area contributed by atoms with Crippen molar-refractivity contribution in [3.8, 4) is 0 Å². The molecule has 0 bridgehead atoms. The Balaban J connectivity index is 1.95. The zero-order valence-electron chi connectivity index (χ0n) is 9.26. The van der Waals surface area contributed by atoms with Gasteiger partial charge in [-0.05, 0) is 24.4 Å². The van der Waals surface area contributed by atoms with Crippen LogP contribution < -0.4 is 16.1 Å². The minimum absolute atomic E-state index is 0.172. The smallest absolute Gasteiger partial charge is 0.184 e. The Bertz CT molecular complexity index is 412. The lowest BCUT2D eigenvalue weighted by molar-refractivity contribution is 0.123. The molecular formula is C10H14N4OS2. The molecular weight excluding hydrogens is 256 g/mol. The van der Waals surface area contributed by atoms with Gasteiger partial charge in [-0.15, -0.1) is 11.3 Å². The summed E-state index contributed by atoms with van der Waals surface area (Å²) in [5.41, 5.74) is 7.80. The molecule has 5 nitrogen and oxygen atoms in total. The summed E-state index contributed by atoms with van der Waals surface area (Å²) in [6, 6.07) is 4.12. The van der Waals surface area contributed by atoms with Crippen LogP contribution in [0.5, 0.6) is 0 Å². The fraction of sp³-hybridized carbons (Fsp3) is 0.400. The molecule has 1 aliphatic heterocycles. The second-order valence-electron chi connectivity index (χ2n) is 3.51. The van der Waals surface area contributed by atoms with Crippen LogP contribution in [0.3, 0.4) is 0 Å². The van der Waals surface area contributed by atoms with Crippen LogP contribution in [0.15, 0.2) is 17.2 Å². The van der Waals surface area contributed by atoms with Crippen molar-refractivity contribution in [1.82, 2.24) is 5.43 Å². The molecule has 17 heavy (non-hydrogen) atoms. The van der Waals surface area contributed by atoms with Gasteiger partial charge in [-0.2, -0.15) is 5.10 Å². The first-order valence-corrected chi connectivity index (χ1v) is 6.49. The minimum Gasteiger partial charge on any atom is -0.378 e. The number of hydrazone groups is 1. The lowest BCUT2D eigenvalue weighted by Gasteiger charge is -2.27. The number of thiophene rings is 1. The van der Waals surface area contributed by atoms with Crippen LogP contribution in [-0.4, -0.2) is 37.6 Å². The quantitative estimate of drug-likeness (QED) is 0.482. The van der Waals surface area contributed by atoms with Crippen LogP contribution in [0.2, 0.25) is 0 Å². The molecule has 0 spiro atoms. The molecule has 1 saturated heterocycles. The van der Waals surface area contributed by atoms with Crippen molar-refractivity contribution in [2.24, 2.45) is 10.8 Å². The number of hydrogen-bond acceptors (Lipinski definition) is 5. The molecule has 0 aromatic carbocycles. The summed E-state index contributed by atoms with van der Waals surface area (Å²) in [4.78, 5) is 3.38. The molecule has 1 aromatic rings. The van der Waals surface area contributed by atoms with E-state index in [0.717, 1.165) is 31.2 Å². The third-order valence-electron chi connectivity index (χ3n) is 2.30. The fourth-order valence-corrected chi connectivity index (χ4v) is 2.51. The standard InChI is InChI=1S/C10H14N4OS2/c11-10(16)13-12-7-8-1-2-9(17-8)14-3-5-15-6-4-14/h1-2,7H,3-6H2,(H3,11,13,16)/b12-7+. The Labute approximate surface area is 109 Å². The van der Waals surface area contributed by atoms with Crippen molar-refractivity contribution < 1.29 is 4.74 Å². The second-order valence-corrected chi connectivity index (χ2v) is 5.04. The largest absolute Gasteiger partial charge is 0.378 e. The average molecular weight is 270 g/mol. The van der Waals surface area contributed by atoms with Gasteiger partial charge in [-0.3, -0.25) is 5.43 Å². The minimum atomic E-state index is 0.172. The third-order valence-corrected chi connectivity index (χ3v) is 3.47. The van der Waals surface area contributed by atoms with Crippen molar-refractivity contribution in [3.05, 3.63) is 17.0 Å². The third kappa shape index (κ3) is 3.65. The Morgan fingerprint density at radius 1 is 1.53 bits per heavy atom. The van der Waals surface area contributed by atoms with E-state index in [1.54, 1.807) is 17.6 Å². The van der Waals surface area contributed by atoms with Crippen molar-refractivity contribution in [2.45, 2.75) is 0 Å². The molecule has 3 N–H and O–H groups in total. The van der Waals surface area contributed by atoms with E-state index in [1.807, 2.05) is 6.07 Å². The number of anilines is 1. The molecule has 0 unspecified atom stereocenters. The monoisotopic (exact) mass is 270 g/mol. The van der Waals surface area contributed by atoms with E-state index in [1.165, 1.54) is 5.00 Å². The highest BCUT2D eigenvalue weighted by atomic mass is 32.1. The van der Waals surface area contributed by atoms with Gasteiger partial charge < -0.3 is 15.4 Å². The van der Waals surface area contributed by atoms with E-state index in [-0.39, 0.29) is 5.11 Å². The van der Waals surface area contributed by atoms with Crippen molar-refractivity contribution in [3.63, 3.8) is 0 Å². The summed E-state index contributed by atoms with van der Waals surface area (Å²) in [5, 5.41) is 5.34. The molecule has 0 radical (unpaired) electrons. The highest BCUT2D eigenvalue weighted by Crippen LogP contribution is 2.25. The molecule has 0 saturated carbocycles. The lowest BCUT2D eigenvalue weighted by atomic mass is 10.4. The van der Waals surface area contributed by atoms with E-state index < -0.39 is 0 Å². The molecule has 2 rings (SSSR count). The normalized spacial score (nSPS) is 16.4. The molecule has 1 aliphatic rings. The van der Waals surface area contributed by atoms with E-state index in [0.29, 0.717) is 0 Å². The van der Waals surface area contributed by atoms with Gasteiger partial charge in [0.05, 0.1) is 24.4 Å². The molecule has 0 atom stereocenters. The molecule has 7 heteroatoms. The summed E-state index contributed by atoms with van der Waals surface area (Å²) in [6.45, 7) is 3.49. The van der Waals surface area contributed by atoms with Crippen LogP contribution >= 0.6 is 23.6 Å². The van der Waals surface area contributed by atoms with Gasteiger partial charge in [0.1, 0.15) is 0 Å². The Kier molecular flexibility index (Phi) is 4.29. The summed E-state index contributed by atoms with van der Waals surface area (Å²) in [6.07, 6.45) is 1.72. The summed E-state index contributed by atoms with van der Waals surface area (Å²) >= 11 is 6.34. The summed E-state index contributed by atoms with van der Waals surface area (Å²) in [5.74, 6) is 0.